The van der Waals surface area contributed by atoms with E-state index in [1.165, 1.54) is 24.8 Å². The van der Waals surface area contributed by atoms with Crippen molar-refractivity contribution in [1.29, 1.82) is 0 Å². The lowest BCUT2D eigenvalue weighted by Crippen LogP contribution is -2.32. The topological polar surface area (TPSA) is 53.6 Å². The lowest BCUT2D eigenvalue weighted by Gasteiger charge is -2.21. The van der Waals surface area contributed by atoms with Gasteiger partial charge < -0.3 is 5.32 Å². The number of nitrogens with one attached hydrogen (secondary N) is 2. The molecular formula is C17H24N4. The average molecular weight is 284 g/mol. The van der Waals surface area contributed by atoms with E-state index in [9.17, 15) is 0 Å². The molecule has 1 aliphatic rings. The van der Waals surface area contributed by atoms with Crippen molar-refractivity contribution in [3.05, 3.63) is 36.3 Å². The molecule has 3 unspecified atom stereocenters. The standard InChI is InChI=1S/C17H24N4/c1-3-13-6-7-16(12(13)2)19-10-15-11-20-21-17(15)14-5-4-8-18-9-14/h4-5,8-9,11-13,16,19H,3,6-7,10H2,1-2H3,(H,20,21). The minimum absolute atomic E-state index is 0.631. The minimum Gasteiger partial charge on any atom is -0.310 e. The van der Waals surface area contributed by atoms with Crippen LogP contribution >= 0.6 is 0 Å². The van der Waals surface area contributed by atoms with Gasteiger partial charge in [-0.3, -0.25) is 10.1 Å². The number of nitrogens with zero attached hydrogens (tertiary/aromatic N) is 2. The van der Waals surface area contributed by atoms with E-state index < -0.39 is 0 Å². The Balaban J connectivity index is 1.66. The first-order chi connectivity index (χ1) is 10.3. The molecule has 3 rings (SSSR count). The Labute approximate surface area is 126 Å². The van der Waals surface area contributed by atoms with Crippen LogP contribution in [-0.2, 0) is 6.54 Å². The Morgan fingerprint density at radius 2 is 2.24 bits per heavy atom. The monoisotopic (exact) mass is 284 g/mol. The Hall–Kier alpha value is -1.68. The fourth-order valence-corrected chi connectivity index (χ4v) is 3.56. The molecule has 0 radical (unpaired) electrons. The molecule has 21 heavy (non-hydrogen) atoms. The van der Waals surface area contributed by atoms with Crippen LogP contribution in [0.15, 0.2) is 30.7 Å². The van der Waals surface area contributed by atoms with Crippen molar-refractivity contribution in [2.24, 2.45) is 11.8 Å². The largest absolute Gasteiger partial charge is 0.310 e. The van der Waals surface area contributed by atoms with Crippen LogP contribution in [0.1, 0.15) is 38.7 Å². The van der Waals surface area contributed by atoms with Crippen LogP contribution in [-0.4, -0.2) is 21.2 Å². The van der Waals surface area contributed by atoms with E-state index in [0.717, 1.165) is 29.6 Å². The number of aromatic amines is 1. The number of H-pyrrole nitrogens is 1. The minimum atomic E-state index is 0.631. The van der Waals surface area contributed by atoms with Gasteiger partial charge in [0.2, 0.25) is 0 Å². The number of pyridine rings is 1. The fraction of sp³-hybridized carbons (Fsp3) is 0.529. The molecule has 3 atom stereocenters. The number of aromatic nitrogens is 3. The molecule has 0 spiro atoms. The lowest BCUT2D eigenvalue weighted by atomic mass is 9.93. The molecule has 1 fully saturated rings. The van der Waals surface area contributed by atoms with Crippen LogP contribution in [0.2, 0.25) is 0 Å². The van der Waals surface area contributed by atoms with Gasteiger partial charge in [-0.25, -0.2) is 0 Å². The molecule has 2 N–H and O–H groups in total. The molecule has 0 aliphatic heterocycles. The summed E-state index contributed by atoms with van der Waals surface area (Å²) in [5, 5.41) is 11.0. The van der Waals surface area contributed by atoms with Crippen molar-refractivity contribution in [2.45, 2.75) is 45.7 Å². The van der Waals surface area contributed by atoms with Gasteiger partial charge in [0, 0.05) is 36.1 Å². The molecule has 112 valence electrons. The molecule has 4 nitrogen and oxygen atoms in total. The Morgan fingerprint density at radius 3 is 2.95 bits per heavy atom. The summed E-state index contributed by atoms with van der Waals surface area (Å²) >= 11 is 0. The highest BCUT2D eigenvalue weighted by Gasteiger charge is 2.31. The Morgan fingerprint density at radius 1 is 1.33 bits per heavy atom. The van der Waals surface area contributed by atoms with Crippen molar-refractivity contribution >= 4 is 0 Å². The van der Waals surface area contributed by atoms with Crippen molar-refractivity contribution in [3.63, 3.8) is 0 Å². The third-order valence-electron chi connectivity index (χ3n) is 4.97. The van der Waals surface area contributed by atoms with Crippen LogP contribution in [0.3, 0.4) is 0 Å². The zero-order valence-electron chi connectivity index (χ0n) is 12.8. The molecule has 2 aromatic rings. The van der Waals surface area contributed by atoms with Gasteiger partial charge in [0.1, 0.15) is 0 Å². The van der Waals surface area contributed by atoms with Crippen LogP contribution in [0.4, 0.5) is 0 Å². The fourth-order valence-electron chi connectivity index (χ4n) is 3.56. The van der Waals surface area contributed by atoms with Crippen LogP contribution in [0, 0.1) is 11.8 Å². The van der Waals surface area contributed by atoms with E-state index in [2.05, 4.69) is 40.4 Å². The first-order valence-corrected chi connectivity index (χ1v) is 7.95. The molecule has 0 aromatic carbocycles. The maximum absolute atomic E-state index is 4.20. The third-order valence-corrected chi connectivity index (χ3v) is 4.97. The quantitative estimate of drug-likeness (QED) is 0.885. The number of rotatable bonds is 5. The summed E-state index contributed by atoms with van der Waals surface area (Å²) in [5.74, 6) is 1.65. The van der Waals surface area contributed by atoms with Gasteiger partial charge in [0.25, 0.3) is 0 Å². The summed E-state index contributed by atoms with van der Waals surface area (Å²) in [6.45, 7) is 5.56. The van der Waals surface area contributed by atoms with E-state index in [0.29, 0.717) is 6.04 Å². The highest BCUT2D eigenvalue weighted by molar-refractivity contribution is 5.61. The van der Waals surface area contributed by atoms with Crippen LogP contribution in [0.5, 0.6) is 0 Å². The van der Waals surface area contributed by atoms with E-state index in [1.807, 2.05) is 18.5 Å². The smallest absolute Gasteiger partial charge is 0.0710 e. The summed E-state index contributed by atoms with van der Waals surface area (Å²) in [7, 11) is 0. The average Bonchev–Trinajstić information content (AvgIpc) is 3.12. The first kappa shape index (κ1) is 14.3. The normalized spacial score (nSPS) is 25.3. The van der Waals surface area contributed by atoms with Gasteiger partial charge in [-0.05, 0) is 36.8 Å². The second-order valence-electron chi connectivity index (χ2n) is 6.10. The van der Waals surface area contributed by atoms with Gasteiger partial charge in [-0.1, -0.05) is 20.3 Å². The predicted molar refractivity (Wildman–Crippen MR) is 84.6 cm³/mol. The number of hydrogen-bond donors (Lipinski definition) is 2. The van der Waals surface area contributed by atoms with E-state index >= 15 is 0 Å². The molecule has 0 bridgehead atoms. The Kier molecular flexibility index (Phi) is 4.34. The highest BCUT2D eigenvalue weighted by atomic mass is 15.1. The van der Waals surface area contributed by atoms with Gasteiger partial charge in [0.05, 0.1) is 11.9 Å². The Bertz CT molecular complexity index is 563. The zero-order chi connectivity index (χ0) is 14.7. The van der Waals surface area contributed by atoms with Gasteiger partial charge in [-0.15, -0.1) is 0 Å². The van der Waals surface area contributed by atoms with Gasteiger partial charge >= 0.3 is 0 Å². The van der Waals surface area contributed by atoms with E-state index in [1.54, 1.807) is 6.20 Å². The summed E-state index contributed by atoms with van der Waals surface area (Å²) in [4.78, 5) is 4.18. The SMILES string of the molecule is CCC1CCC(NCc2cn[nH]c2-c2cccnc2)C1C. The number of hydrogen-bond acceptors (Lipinski definition) is 3. The zero-order valence-corrected chi connectivity index (χ0v) is 12.8. The van der Waals surface area contributed by atoms with Crippen molar-refractivity contribution in [1.82, 2.24) is 20.5 Å². The van der Waals surface area contributed by atoms with Crippen LogP contribution in [0.25, 0.3) is 11.3 Å². The van der Waals surface area contributed by atoms with Crippen LogP contribution < -0.4 is 5.32 Å². The maximum atomic E-state index is 4.20. The van der Waals surface area contributed by atoms with Gasteiger partial charge in [0.15, 0.2) is 0 Å². The van der Waals surface area contributed by atoms with Crippen molar-refractivity contribution < 1.29 is 0 Å². The lowest BCUT2D eigenvalue weighted by molar-refractivity contribution is 0.344. The summed E-state index contributed by atoms with van der Waals surface area (Å²) in [6.07, 6.45) is 9.54. The second kappa shape index (κ2) is 6.39. The third kappa shape index (κ3) is 3.00. The molecule has 1 saturated carbocycles. The summed E-state index contributed by atoms with van der Waals surface area (Å²) in [5.41, 5.74) is 3.39. The maximum Gasteiger partial charge on any atom is 0.0710 e. The highest BCUT2D eigenvalue weighted by Crippen LogP contribution is 2.34. The predicted octanol–water partition coefficient (Wildman–Crippen LogP) is 3.39. The summed E-state index contributed by atoms with van der Waals surface area (Å²) < 4.78 is 0. The summed E-state index contributed by atoms with van der Waals surface area (Å²) in [6, 6.07) is 4.65. The molecule has 0 amide bonds. The molecule has 1 aliphatic carbocycles. The van der Waals surface area contributed by atoms with Crippen molar-refractivity contribution in [3.8, 4) is 11.3 Å². The molecule has 2 aromatic heterocycles. The molecular weight excluding hydrogens is 260 g/mol. The second-order valence-corrected chi connectivity index (χ2v) is 6.10. The van der Waals surface area contributed by atoms with E-state index in [-0.39, 0.29) is 0 Å². The molecule has 2 heterocycles. The first-order valence-electron chi connectivity index (χ1n) is 7.95. The molecule has 0 saturated heterocycles. The van der Waals surface area contributed by atoms with E-state index in [4.69, 9.17) is 0 Å². The molecule has 4 heteroatoms. The van der Waals surface area contributed by atoms with Crippen molar-refractivity contribution in [2.75, 3.05) is 0 Å². The van der Waals surface area contributed by atoms with Gasteiger partial charge in [-0.2, -0.15) is 5.10 Å².